The van der Waals surface area contributed by atoms with E-state index in [1.54, 1.807) is 32.5 Å². The summed E-state index contributed by atoms with van der Waals surface area (Å²) in [6.07, 6.45) is -0.670. The highest BCUT2D eigenvalue weighted by Crippen LogP contribution is 2.27. The van der Waals surface area contributed by atoms with Crippen LogP contribution < -0.4 is 5.32 Å². The SMILES string of the molecule is CC(C)(C)OC(=O)N[C@H](C(=O)O)C1CSC1. The first-order valence-corrected chi connectivity index (χ1v) is 6.25. The monoisotopic (exact) mass is 247 g/mol. The smallest absolute Gasteiger partial charge is 0.408 e. The number of hydrogen-bond donors (Lipinski definition) is 2. The number of rotatable bonds is 3. The molecule has 0 spiro atoms. The standard InChI is InChI=1S/C10H17NO4S/c1-10(2,3)15-9(14)11-7(8(12)13)6-4-16-5-6/h6-7H,4-5H2,1-3H3,(H,11,14)(H,12,13)/t7-/m0/s1. The van der Waals surface area contributed by atoms with Crippen molar-refractivity contribution in [3.05, 3.63) is 0 Å². The van der Waals surface area contributed by atoms with E-state index in [2.05, 4.69) is 5.32 Å². The molecule has 1 aliphatic heterocycles. The zero-order chi connectivity index (χ0) is 12.3. The number of aliphatic carboxylic acids is 1. The van der Waals surface area contributed by atoms with Crippen molar-refractivity contribution in [2.24, 2.45) is 5.92 Å². The minimum absolute atomic E-state index is 0.00928. The summed E-state index contributed by atoms with van der Waals surface area (Å²) in [6.45, 7) is 5.21. The van der Waals surface area contributed by atoms with Gasteiger partial charge in [0.05, 0.1) is 0 Å². The molecule has 0 aromatic carbocycles. The summed E-state index contributed by atoms with van der Waals surface area (Å²) < 4.78 is 5.02. The van der Waals surface area contributed by atoms with Crippen LogP contribution in [-0.4, -0.2) is 40.3 Å². The summed E-state index contributed by atoms with van der Waals surface area (Å²) >= 11 is 1.68. The van der Waals surface area contributed by atoms with Gasteiger partial charge >= 0.3 is 12.1 Å². The third-order valence-corrected chi connectivity index (χ3v) is 3.40. The van der Waals surface area contributed by atoms with Gasteiger partial charge in [0.1, 0.15) is 11.6 Å². The van der Waals surface area contributed by atoms with Crippen LogP contribution in [0.3, 0.4) is 0 Å². The van der Waals surface area contributed by atoms with Gasteiger partial charge in [-0.25, -0.2) is 9.59 Å². The predicted octanol–water partition coefficient (Wildman–Crippen LogP) is 1.33. The summed E-state index contributed by atoms with van der Waals surface area (Å²) in [5.41, 5.74) is -0.610. The normalized spacial score (nSPS) is 18.4. The Morgan fingerprint density at radius 2 is 2.00 bits per heavy atom. The first-order valence-electron chi connectivity index (χ1n) is 5.09. The van der Waals surface area contributed by atoms with Gasteiger partial charge in [0.15, 0.2) is 0 Å². The molecular formula is C10H17NO4S. The molecule has 0 saturated carbocycles. The maximum Gasteiger partial charge on any atom is 0.408 e. The summed E-state index contributed by atoms with van der Waals surface area (Å²) in [5.74, 6) is 0.547. The number of carbonyl (C=O) groups is 2. The average Bonchev–Trinajstić information content (AvgIpc) is 1.95. The number of carboxylic acids is 1. The van der Waals surface area contributed by atoms with E-state index in [0.29, 0.717) is 0 Å². The van der Waals surface area contributed by atoms with Crippen molar-refractivity contribution < 1.29 is 19.4 Å². The lowest BCUT2D eigenvalue weighted by molar-refractivity contribution is -0.140. The van der Waals surface area contributed by atoms with Crippen molar-refractivity contribution in [2.45, 2.75) is 32.4 Å². The van der Waals surface area contributed by atoms with Gasteiger partial charge in [0.25, 0.3) is 0 Å². The van der Waals surface area contributed by atoms with E-state index in [0.717, 1.165) is 11.5 Å². The van der Waals surface area contributed by atoms with Crippen LogP contribution in [0.5, 0.6) is 0 Å². The summed E-state index contributed by atoms with van der Waals surface area (Å²) in [6, 6.07) is -0.837. The number of carbonyl (C=O) groups excluding carboxylic acids is 1. The molecule has 1 rings (SSSR count). The molecule has 92 valence electrons. The second-order valence-electron chi connectivity index (χ2n) is 4.76. The maximum absolute atomic E-state index is 11.4. The topological polar surface area (TPSA) is 75.6 Å². The number of alkyl carbamates (subject to hydrolysis) is 1. The van der Waals surface area contributed by atoms with Crippen molar-refractivity contribution in [3.63, 3.8) is 0 Å². The van der Waals surface area contributed by atoms with Gasteiger partial charge < -0.3 is 15.2 Å². The average molecular weight is 247 g/mol. The second kappa shape index (κ2) is 4.95. The Hall–Kier alpha value is -0.910. The molecular weight excluding hydrogens is 230 g/mol. The van der Waals surface area contributed by atoms with Crippen LogP contribution in [-0.2, 0) is 9.53 Å². The fourth-order valence-corrected chi connectivity index (χ4v) is 2.15. The van der Waals surface area contributed by atoms with Gasteiger partial charge in [-0.3, -0.25) is 0 Å². The molecule has 0 aromatic rings. The lowest BCUT2D eigenvalue weighted by Crippen LogP contribution is -2.51. The second-order valence-corrected chi connectivity index (χ2v) is 5.83. The molecule has 0 bridgehead atoms. The van der Waals surface area contributed by atoms with E-state index >= 15 is 0 Å². The Morgan fingerprint density at radius 3 is 2.31 bits per heavy atom. The highest BCUT2D eigenvalue weighted by atomic mass is 32.2. The van der Waals surface area contributed by atoms with E-state index in [4.69, 9.17) is 9.84 Å². The summed E-state index contributed by atoms with van der Waals surface area (Å²) in [4.78, 5) is 22.4. The highest BCUT2D eigenvalue weighted by Gasteiger charge is 2.35. The molecule has 6 heteroatoms. The van der Waals surface area contributed by atoms with Crippen LogP contribution in [0, 0.1) is 5.92 Å². The molecule has 0 aliphatic carbocycles. The molecule has 0 unspecified atom stereocenters. The van der Waals surface area contributed by atoms with Gasteiger partial charge in [-0.2, -0.15) is 11.8 Å². The molecule has 1 fully saturated rings. The molecule has 1 atom stereocenters. The number of nitrogens with one attached hydrogen (secondary N) is 1. The van der Waals surface area contributed by atoms with Crippen molar-refractivity contribution in [3.8, 4) is 0 Å². The third kappa shape index (κ3) is 3.92. The van der Waals surface area contributed by atoms with Crippen LogP contribution in [0.2, 0.25) is 0 Å². The number of carboxylic acid groups (broad SMARTS) is 1. The zero-order valence-corrected chi connectivity index (χ0v) is 10.5. The molecule has 0 aromatic heterocycles. The van der Waals surface area contributed by atoms with E-state index in [-0.39, 0.29) is 5.92 Å². The highest BCUT2D eigenvalue weighted by molar-refractivity contribution is 8.00. The Morgan fingerprint density at radius 1 is 1.44 bits per heavy atom. The first-order chi connectivity index (χ1) is 7.29. The lowest BCUT2D eigenvalue weighted by Gasteiger charge is -2.31. The minimum atomic E-state index is -1.00. The maximum atomic E-state index is 11.4. The van der Waals surface area contributed by atoms with Crippen LogP contribution in [0.15, 0.2) is 0 Å². The Kier molecular flexibility index (Phi) is 4.07. The molecule has 1 aliphatic rings. The summed E-state index contributed by atoms with van der Waals surface area (Å²) in [7, 11) is 0. The molecule has 2 N–H and O–H groups in total. The minimum Gasteiger partial charge on any atom is -0.480 e. The zero-order valence-electron chi connectivity index (χ0n) is 9.65. The molecule has 1 amide bonds. The fraction of sp³-hybridized carbons (Fsp3) is 0.800. The lowest BCUT2D eigenvalue weighted by atomic mass is 10.0. The van der Waals surface area contributed by atoms with E-state index in [9.17, 15) is 9.59 Å². The quantitative estimate of drug-likeness (QED) is 0.786. The van der Waals surface area contributed by atoms with Crippen LogP contribution in [0.25, 0.3) is 0 Å². The molecule has 0 radical (unpaired) electrons. The van der Waals surface area contributed by atoms with Gasteiger partial charge in [-0.05, 0) is 32.3 Å². The van der Waals surface area contributed by atoms with E-state index in [1.165, 1.54) is 0 Å². The van der Waals surface area contributed by atoms with Gasteiger partial charge in [0.2, 0.25) is 0 Å². The molecule has 5 nitrogen and oxygen atoms in total. The van der Waals surface area contributed by atoms with E-state index < -0.39 is 23.7 Å². The van der Waals surface area contributed by atoms with Crippen LogP contribution in [0.4, 0.5) is 4.79 Å². The molecule has 1 saturated heterocycles. The Labute approximate surface area is 98.9 Å². The van der Waals surface area contributed by atoms with Crippen molar-refractivity contribution in [1.82, 2.24) is 5.32 Å². The largest absolute Gasteiger partial charge is 0.480 e. The van der Waals surface area contributed by atoms with Gasteiger partial charge in [-0.15, -0.1) is 0 Å². The Balaban J connectivity index is 2.48. The number of thioether (sulfide) groups is 1. The number of ether oxygens (including phenoxy) is 1. The molecule has 1 heterocycles. The molecule has 16 heavy (non-hydrogen) atoms. The summed E-state index contributed by atoms with van der Waals surface area (Å²) in [5, 5.41) is 11.4. The number of amides is 1. The first kappa shape index (κ1) is 13.2. The van der Waals surface area contributed by atoms with Gasteiger partial charge in [0, 0.05) is 5.92 Å². The Bertz CT molecular complexity index is 283. The number of hydrogen-bond acceptors (Lipinski definition) is 4. The van der Waals surface area contributed by atoms with Crippen molar-refractivity contribution in [2.75, 3.05) is 11.5 Å². The van der Waals surface area contributed by atoms with Gasteiger partial charge in [-0.1, -0.05) is 0 Å². The fourth-order valence-electron chi connectivity index (χ4n) is 1.26. The van der Waals surface area contributed by atoms with Crippen LogP contribution >= 0.6 is 11.8 Å². The van der Waals surface area contributed by atoms with E-state index in [1.807, 2.05) is 0 Å². The van der Waals surface area contributed by atoms with Crippen molar-refractivity contribution in [1.29, 1.82) is 0 Å². The van der Waals surface area contributed by atoms with Crippen molar-refractivity contribution >= 4 is 23.8 Å². The van der Waals surface area contributed by atoms with Crippen LogP contribution in [0.1, 0.15) is 20.8 Å². The third-order valence-electron chi connectivity index (χ3n) is 2.07. The predicted molar refractivity (Wildman–Crippen MR) is 61.6 cm³/mol.